The largest absolute Gasteiger partial charge is 0.368 e. The second-order valence-electron chi connectivity index (χ2n) is 6.48. The van der Waals surface area contributed by atoms with Crippen LogP contribution < -0.4 is 5.32 Å². The summed E-state index contributed by atoms with van der Waals surface area (Å²) in [6.07, 6.45) is 2.15. The van der Waals surface area contributed by atoms with Gasteiger partial charge in [0, 0.05) is 13.1 Å². The Kier molecular flexibility index (Phi) is 6.60. The maximum Gasteiger partial charge on any atom is 0.249 e. The molecule has 1 heterocycles. The molecule has 4 nitrogen and oxygen atoms in total. The third-order valence-corrected chi connectivity index (χ3v) is 4.51. The molecule has 1 amide bonds. The number of hydrogen-bond donors (Lipinski definition) is 1. The quantitative estimate of drug-likeness (QED) is 0.844. The number of rotatable bonds is 7. The Bertz CT molecular complexity index is 598. The molecule has 0 bridgehead atoms. The summed E-state index contributed by atoms with van der Waals surface area (Å²) in [4.78, 5) is 14.7. The van der Waals surface area contributed by atoms with Crippen molar-refractivity contribution in [2.45, 2.75) is 32.0 Å². The molecule has 132 valence electrons. The zero-order valence-corrected chi connectivity index (χ0v) is 14.6. The molecule has 0 aromatic heterocycles. The molecule has 1 fully saturated rings. The average Bonchev–Trinajstić information content (AvgIpc) is 2.68. The van der Waals surface area contributed by atoms with Gasteiger partial charge < -0.3 is 15.0 Å². The van der Waals surface area contributed by atoms with Gasteiger partial charge in [0.25, 0.3) is 0 Å². The molecule has 1 aliphatic heterocycles. The van der Waals surface area contributed by atoms with Crippen LogP contribution in [0.15, 0.2) is 60.7 Å². The lowest BCUT2D eigenvalue weighted by Crippen LogP contribution is -2.37. The van der Waals surface area contributed by atoms with Gasteiger partial charge in [-0.1, -0.05) is 60.7 Å². The second kappa shape index (κ2) is 9.35. The van der Waals surface area contributed by atoms with E-state index in [0.717, 1.165) is 37.1 Å². The van der Waals surface area contributed by atoms with Crippen LogP contribution in [0.25, 0.3) is 0 Å². The van der Waals surface area contributed by atoms with Crippen molar-refractivity contribution in [1.29, 1.82) is 0 Å². The molecule has 3 rings (SSSR count). The number of nitrogens with one attached hydrogen (secondary N) is 1. The smallest absolute Gasteiger partial charge is 0.249 e. The van der Waals surface area contributed by atoms with Crippen LogP contribution in [0.5, 0.6) is 0 Å². The molecular formula is C21H26N2O2. The molecule has 0 saturated carbocycles. The maximum absolute atomic E-state index is 12.8. The van der Waals surface area contributed by atoms with E-state index in [1.165, 1.54) is 0 Å². The number of benzene rings is 2. The van der Waals surface area contributed by atoms with E-state index in [1.54, 1.807) is 0 Å². The number of amides is 1. The lowest BCUT2D eigenvalue weighted by atomic mass is 10.1. The molecule has 0 radical (unpaired) electrons. The Hall–Kier alpha value is -2.17. The molecule has 0 aliphatic carbocycles. The lowest BCUT2D eigenvalue weighted by Gasteiger charge is -2.26. The van der Waals surface area contributed by atoms with Crippen LogP contribution in [0, 0.1) is 0 Å². The number of piperidine rings is 1. The molecule has 0 unspecified atom stereocenters. The van der Waals surface area contributed by atoms with Gasteiger partial charge in [-0.2, -0.15) is 0 Å². The summed E-state index contributed by atoms with van der Waals surface area (Å²) in [6.45, 7) is 3.30. The van der Waals surface area contributed by atoms with Gasteiger partial charge in [-0.3, -0.25) is 4.79 Å². The van der Waals surface area contributed by atoms with Gasteiger partial charge in [0.05, 0.1) is 6.10 Å². The van der Waals surface area contributed by atoms with Gasteiger partial charge in [-0.25, -0.2) is 0 Å². The fourth-order valence-electron chi connectivity index (χ4n) is 3.08. The van der Waals surface area contributed by atoms with E-state index in [-0.39, 0.29) is 18.6 Å². The number of carbonyl (C=O) groups is 1. The van der Waals surface area contributed by atoms with Gasteiger partial charge in [0.1, 0.15) is 6.61 Å². The molecule has 2 aromatic rings. The van der Waals surface area contributed by atoms with E-state index in [4.69, 9.17) is 4.74 Å². The highest BCUT2D eigenvalue weighted by Crippen LogP contribution is 2.12. The van der Waals surface area contributed by atoms with Crippen molar-refractivity contribution in [2.24, 2.45) is 0 Å². The van der Waals surface area contributed by atoms with E-state index in [9.17, 15) is 4.79 Å². The average molecular weight is 338 g/mol. The first-order chi connectivity index (χ1) is 12.3. The molecule has 1 saturated heterocycles. The molecule has 2 aromatic carbocycles. The van der Waals surface area contributed by atoms with Crippen LogP contribution in [0.1, 0.15) is 24.0 Å². The molecule has 1 N–H and O–H groups in total. The second-order valence-corrected chi connectivity index (χ2v) is 6.48. The predicted molar refractivity (Wildman–Crippen MR) is 99.0 cm³/mol. The minimum atomic E-state index is 0.0474. The third kappa shape index (κ3) is 5.69. The highest BCUT2D eigenvalue weighted by Gasteiger charge is 2.19. The Morgan fingerprint density at radius 2 is 1.44 bits per heavy atom. The molecule has 25 heavy (non-hydrogen) atoms. The van der Waals surface area contributed by atoms with E-state index >= 15 is 0 Å². The summed E-state index contributed by atoms with van der Waals surface area (Å²) in [5, 5.41) is 3.32. The summed E-state index contributed by atoms with van der Waals surface area (Å²) < 4.78 is 5.87. The van der Waals surface area contributed by atoms with Crippen molar-refractivity contribution in [3.63, 3.8) is 0 Å². The summed E-state index contributed by atoms with van der Waals surface area (Å²) in [6, 6.07) is 20.2. The lowest BCUT2D eigenvalue weighted by molar-refractivity contribution is -0.140. The van der Waals surface area contributed by atoms with Crippen molar-refractivity contribution in [3.05, 3.63) is 71.8 Å². The normalized spacial score (nSPS) is 15.0. The van der Waals surface area contributed by atoms with E-state index < -0.39 is 0 Å². The van der Waals surface area contributed by atoms with Crippen LogP contribution >= 0.6 is 0 Å². The number of ether oxygens (including phenoxy) is 1. The van der Waals surface area contributed by atoms with Gasteiger partial charge >= 0.3 is 0 Å². The van der Waals surface area contributed by atoms with Crippen molar-refractivity contribution in [2.75, 3.05) is 19.7 Å². The fourth-order valence-corrected chi connectivity index (χ4v) is 3.08. The van der Waals surface area contributed by atoms with Crippen LogP contribution in [-0.2, 0) is 22.6 Å². The Morgan fingerprint density at radius 1 is 0.920 bits per heavy atom. The first-order valence-electron chi connectivity index (χ1n) is 8.99. The summed E-state index contributed by atoms with van der Waals surface area (Å²) in [5.41, 5.74) is 2.27. The van der Waals surface area contributed by atoms with Crippen molar-refractivity contribution in [1.82, 2.24) is 10.2 Å². The van der Waals surface area contributed by atoms with Gasteiger partial charge in [-0.15, -0.1) is 0 Å². The van der Waals surface area contributed by atoms with Crippen LogP contribution in [-0.4, -0.2) is 36.6 Å². The van der Waals surface area contributed by atoms with Crippen molar-refractivity contribution >= 4 is 5.91 Å². The minimum Gasteiger partial charge on any atom is -0.368 e. The first-order valence-corrected chi connectivity index (χ1v) is 8.99. The maximum atomic E-state index is 12.8. The first kappa shape index (κ1) is 17.6. The van der Waals surface area contributed by atoms with Gasteiger partial charge in [0.15, 0.2) is 0 Å². The van der Waals surface area contributed by atoms with Crippen molar-refractivity contribution < 1.29 is 9.53 Å². The monoisotopic (exact) mass is 338 g/mol. The number of nitrogens with zero attached hydrogens (tertiary/aromatic N) is 1. The van der Waals surface area contributed by atoms with E-state index in [1.807, 2.05) is 41.3 Å². The molecule has 4 heteroatoms. The third-order valence-electron chi connectivity index (χ3n) is 4.51. The molecule has 0 spiro atoms. The molecular weight excluding hydrogens is 312 g/mol. The zero-order chi connectivity index (χ0) is 17.3. The Balaban J connectivity index is 1.62. The molecule has 1 aliphatic rings. The Morgan fingerprint density at radius 3 is 1.96 bits per heavy atom. The zero-order valence-electron chi connectivity index (χ0n) is 14.6. The number of hydrogen-bond acceptors (Lipinski definition) is 3. The summed E-state index contributed by atoms with van der Waals surface area (Å²) >= 11 is 0. The van der Waals surface area contributed by atoms with Crippen LogP contribution in [0.2, 0.25) is 0 Å². The summed E-state index contributed by atoms with van der Waals surface area (Å²) in [7, 11) is 0. The predicted octanol–water partition coefficient (Wildman–Crippen LogP) is 2.98. The van der Waals surface area contributed by atoms with E-state index in [0.29, 0.717) is 13.1 Å². The number of carbonyl (C=O) groups excluding carboxylic acids is 1. The SMILES string of the molecule is O=C(COC1CCNCC1)N(Cc1ccccc1)Cc1ccccc1. The minimum absolute atomic E-state index is 0.0474. The highest BCUT2D eigenvalue weighted by molar-refractivity contribution is 5.77. The van der Waals surface area contributed by atoms with E-state index in [2.05, 4.69) is 29.6 Å². The van der Waals surface area contributed by atoms with Crippen LogP contribution in [0.3, 0.4) is 0 Å². The summed E-state index contributed by atoms with van der Waals surface area (Å²) in [5.74, 6) is 0.0474. The Labute approximate surface area is 149 Å². The molecule has 0 atom stereocenters. The van der Waals surface area contributed by atoms with Gasteiger partial charge in [-0.05, 0) is 37.1 Å². The topological polar surface area (TPSA) is 41.6 Å². The van der Waals surface area contributed by atoms with Gasteiger partial charge in [0.2, 0.25) is 5.91 Å². The van der Waals surface area contributed by atoms with Crippen molar-refractivity contribution in [3.8, 4) is 0 Å². The fraction of sp³-hybridized carbons (Fsp3) is 0.381. The standard InChI is InChI=1S/C21H26N2O2/c24-21(17-25-20-11-13-22-14-12-20)23(15-18-7-3-1-4-8-18)16-19-9-5-2-6-10-19/h1-10,20,22H,11-17H2. The van der Waals surface area contributed by atoms with Crippen LogP contribution in [0.4, 0.5) is 0 Å². The highest BCUT2D eigenvalue weighted by atomic mass is 16.5.